The van der Waals surface area contributed by atoms with Crippen LogP contribution in [0, 0.1) is 5.92 Å². The molecule has 1 aliphatic heterocycles. The fraction of sp³-hybridized carbons (Fsp3) is 0.579. The van der Waals surface area contributed by atoms with Crippen LogP contribution in [0.5, 0.6) is 0 Å². The van der Waals surface area contributed by atoms with Gasteiger partial charge in [-0.3, -0.25) is 9.69 Å². The summed E-state index contributed by atoms with van der Waals surface area (Å²) < 4.78 is 5.40. The highest BCUT2D eigenvalue weighted by molar-refractivity contribution is 7.09. The van der Waals surface area contributed by atoms with Crippen molar-refractivity contribution < 1.29 is 9.21 Å². The first-order valence-electron chi connectivity index (χ1n) is 9.26. The molecule has 1 aliphatic carbocycles. The standard InChI is InChI=1S/C19H25N3O2S/c23-19(12-15-4-1-2-5-15)22-9-7-21(8-10-22)13-18-20-16(14-25-18)17-6-3-11-24-17/h3,6,11,14-15H,1-2,4-5,7-10,12-13H2. The molecule has 6 heteroatoms. The molecule has 25 heavy (non-hydrogen) atoms. The van der Waals surface area contributed by atoms with Crippen molar-refractivity contribution in [1.29, 1.82) is 0 Å². The molecule has 3 heterocycles. The van der Waals surface area contributed by atoms with Gasteiger partial charge < -0.3 is 9.32 Å². The summed E-state index contributed by atoms with van der Waals surface area (Å²) in [5.74, 6) is 1.83. The summed E-state index contributed by atoms with van der Waals surface area (Å²) in [7, 11) is 0. The monoisotopic (exact) mass is 359 g/mol. The van der Waals surface area contributed by atoms with Crippen molar-refractivity contribution in [1.82, 2.24) is 14.8 Å². The third kappa shape index (κ3) is 4.12. The van der Waals surface area contributed by atoms with Gasteiger partial charge in [-0.15, -0.1) is 11.3 Å². The molecule has 2 aliphatic rings. The van der Waals surface area contributed by atoms with Crippen molar-refractivity contribution in [3.8, 4) is 11.5 Å². The van der Waals surface area contributed by atoms with Crippen molar-refractivity contribution in [2.45, 2.75) is 38.6 Å². The SMILES string of the molecule is O=C(CC1CCCC1)N1CCN(Cc2nc(-c3ccco3)cs2)CC1. The first-order chi connectivity index (χ1) is 12.3. The molecule has 5 nitrogen and oxygen atoms in total. The summed E-state index contributed by atoms with van der Waals surface area (Å²) in [5, 5.41) is 3.16. The topological polar surface area (TPSA) is 49.6 Å². The second-order valence-corrected chi connectivity index (χ2v) is 8.06. The van der Waals surface area contributed by atoms with Crippen molar-refractivity contribution >= 4 is 17.2 Å². The predicted molar refractivity (Wildman–Crippen MR) is 98.2 cm³/mol. The van der Waals surface area contributed by atoms with E-state index in [0.29, 0.717) is 11.8 Å². The Balaban J connectivity index is 1.25. The molecule has 0 bridgehead atoms. The normalized spacial score (nSPS) is 19.6. The lowest BCUT2D eigenvalue weighted by Crippen LogP contribution is -2.48. The van der Waals surface area contributed by atoms with E-state index >= 15 is 0 Å². The zero-order chi connectivity index (χ0) is 17.1. The Bertz CT molecular complexity index is 683. The molecule has 1 saturated heterocycles. The molecular weight excluding hydrogens is 334 g/mol. The van der Waals surface area contributed by atoms with Crippen molar-refractivity contribution in [2.24, 2.45) is 5.92 Å². The van der Waals surface area contributed by atoms with Gasteiger partial charge in [-0.05, 0) is 30.9 Å². The Labute approximate surface area is 152 Å². The van der Waals surface area contributed by atoms with E-state index in [1.165, 1.54) is 25.7 Å². The number of hydrogen-bond acceptors (Lipinski definition) is 5. The minimum Gasteiger partial charge on any atom is -0.463 e. The molecule has 0 spiro atoms. The summed E-state index contributed by atoms with van der Waals surface area (Å²) in [6, 6.07) is 3.82. The van der Waals surface area contributed by atoms with Crippen LogP contribution in [0.1, 0.15) is 37.1 Å². The van der Waals surface area contributed by atoms with Gasteiger partial charge in [-0.25, -0.2) is 4.98 Å². The number of aromatic nitrogens is 1. The maximum Gasteiger partial charge on any atom is 0.222 e. The zero-order valence-corrected chi connectivity index (χ0v) is 15.3. The second-order valence-electron chi connectivity index (χ2n) is 7.12. The van der Waals surface area contributed by atoms with Crippen LogP contribution in [0.4, 0.5) is 0 Å². The third-order valence-corrected chi connectivity index (χ3v) is 6.18. The van der Waals surface area contributed by atoms with Gasteiger partial charge >= 0.3 is 0 Å². The summed E-state index contributed by atoms with van der Waals surface area (Å²) >= 11 is 1.68. The zero-order valence-electron chi connectivity index (χ0n) is 14.5. The second kappa shape index (κ2) is 7.70. The largest absolute Gasteiger partial charge is 0.463 e. The highest BCUT2D eigenvalue weighted by Crippen LogP contribution is 2.28. The number of piperazine rings is 1. The Morgan fingerprint density at radius 1 is 1.24 bits per heavy atom. The first-order valence-corrected chi connectivity index (χ1v) is 10.1. The van der Waals surface area contributed by atoms with E-state index in [2.05, 4.69) is 20.2 Å². The Hall–Kier alpha value is -1.66. The van der Waals surface area contributed by atoms with Gasteiger partial charge in [0, 0.05) is 38.0 Å². The van der Waals surface area contributed by atoms with Gasteiger partial charge in [0.2, 0.25) is 5.91 Å². The maximum absolute atomic E-state index is 12.4. The number of hydrogen-bond donors (Lipinski definition) is 0. The molecule has 0 unspecified atom stereocenters. The predicted octanol–water partition coefficient (Wildman–Crippen LogP) is 3.63. The molecule has 1 saturated carbocycles. The number of rotatable bonds is 5. The maximum atomic E-state index is 12.4. The third-order valence-electron chi connectivity index (χ3n) is 5.35. The van der Waals surface area contributed by atoms with Crippen LogP contribution in [0.15, 0.2) is 28.2 Å². The average molecular weight is 359 g/mol. The van der Waals surface area contributed by atoms with E-state index in [1.54, 1.807) is 17.6 Å². The molecule has 2 aromatic rings. The van der Waals surface area contributed by atoms with E-state index in [4.69, 9.17) is 4.42 Å². The van der Waals surface area contributed by atoms with E-state index in [0.717, 1.165) is 55.6 Å². The number of carbonyl (C=O) groups is 1. The molecular formula is C19H25N3O2S. The molecule has 134 valence electrons. The minimum absolute atomic E-state index is 0.362. The molecule has 2 fully saturated rings. The molecule has 0 aromatic carbocycles. The lowest BCUT2D eigenvalue weighted by Gasteiger charge is -2.34. The average Bonchev–Trinajstić information content (AvgIpc) is 3.38. The van der Waals surface area contributed by atoms with Crippen LogP contribution in [-0.2, 0) is 11.3 Å². The Morgan fingerprint density at radius 3 is 2.76 bits per heavy atom. The fourth-order valence-electron chi connectivity index (χ4n) is 3.86. The van der Waals surface area contributed by atoms with Gasteiger partial charge in [-0.1, -0.05) is 12.8 Å². The minimum atomic E-state index is 0.362. The summed E-state index contributed by atoms with van der Waals surface area (Å²) in [4.78, 5) is 21.6. The van der Waals surface area contributed by atoms with E-state index in [1.807, 2.05) is 12.1 Å². The van der Waals surface area contributed by atoms with Crippen LogP contribution in [-0.4, -0.2) is 46.9 Å². The lowest BCUT2D eigenvalue weighted by atomic mass is 10.0. The molecule has 2 aromatic heterocycles. The molecule has 4 rings (SSSR count). The summed E-state index contributed by atoms with van der Waals surface area (Å²) in [6.45, 7) is 4.43. The quantitative estimate of drug-likeness (QED) is 0.818. The smallest absolute Gasteiger partial charge is 0.222 e. The molecule has 1 amide bonds. The molecule has 0 atom stereocenters. The Morgan fingerprint density at radius 2 is 2.04 bits per heavy atom. The number of thiazole rings is 1. The van der Waals surface area contributed by atoms with E-state index in [9.17, 15) is 4.79 Å². The lowest BCUT2D eigenvalue weighted by molar-refractivity contribution is -0.134. The fourth-order valence-corrected chi connectivity index (χ4v) is 4.68. The summed E-state index contributed by atoms with van der Waals surface area (Å²) in [6.07, 6.45) is 7.54. The van der Waals surface area contributed by atoms with Crippen LogP contribution in [0.2, 0.25) is 0 Å². The van der Waals surface area contributed by atoms with Crippen LogP contribution < -0.4 is 0 Å². The van der Waals surface area contributed by atoms with Gasteiger partial charge in [-0.2, -0.15) is 0 Å². The number of carbonyl (C=O) groups excluding carboxylic acids is 1. The van der Waals surface area contributed by atoms with Crippen molar-refractivity contribution in [2.75, 3.05) is 26.2 Å². The van der Waals surface area contributed by atoms with Gasteiger partial charge in [0.15, 0.2) is 5.76 Å². The van der Waals surface area contributed by atoms with Crippen LogP contribution >= 0.6 is 11.3 Å². The van der Waals surface area contributed by atoms with E-state index < -0.39 is 0 Å². The van der Waals surface area contributed by atoms with Gasteiger partial charge in [0.1, 0.15) is 10.7 Å². The van der Waals surface area contributed by atoms with E-state index in [-0.39, 0.29) is 0 Å². The van der Waals surface area contributed by atoms with Crippen LogP contribution in [0.25, 0.3) is 11.5 Å². The Kier molecular flexibility index (Phi) is 5.17. The first kappa shape index (κ1) is 16.8. The van der Waals surface area contributed by atoms with Gasteiger partial charge in [0.05, 0.1) is 12.8 Å². The number of furan rings is 1. The highest BCUT2D eigenvalue weighted by atomic mass is 32.1. The number of nitrogens with zero attached hydrogens (tertiary/aromatic N) is 3. The highest BCUT2D eigenvalue weighted by Gasteiger charge is 2.25. The van der Waals surface area contributed by atoms with Crippen molar-refractivity contribution in [3.05, 3.63) is 28.8 Å². The molecule has 0 radical (unpaired) electrons. The molecule has 0 N–H and O–H groups in total. The number of amides is 1. The van der Waals surface area contributed by atoms with Crippen molar-refractivity contribution in [3.63, 3.8) is 0 Å². The van der Waals surface area contributed by atoms with Crippen LogP contribution in [0.3, 0.4) is 0 Å². The summed E-state index contributed by atoms with van der Waals surface area (Å²) in [5.41, 5.74) is 0.912. The van der Waals surface area contributed by atoms with Gasteiger partial charge in [0.25, 0.3) is 0 Å².